The molecule has 0 aromatic carbocycles. The summed E-state index contributed by atoms with van der Waals surface area (Å²) in [5.41, 5.74) is 0.580. The standard InChI is InChI=1S/2C4H10N.Zn/c2*1-4(2,3)5;/h2*5H,1-3H3;/q2*-1;+2. The minimum absolute atomic E-state index is 0.290. The van der Waals surface area contributed by atoms with Gasteiger partial charge in [0.2, 0.25) is 0 Å². The van der Waals surface area contributed by atoms with Gasteiger partial charge in [-0.25, -0.2) is 0 Å². The van der Waals surface area contributed by atoms with Crippen LogP contribution in [0.15, 0.2) is 0 Å². The van der Waals surface area contributed by atoms with Gasteiger partial charge in [-0.2, -0.15) is 0 Å². The van der Waals surface area contributed by atoms with Crippen LogP contribution >= 0.6 is 0 Å². The van der Waals surface area contributed by atoms with E-state index in [0.717, 1.165) is 0 Å². The summed E-state index contributed by atoms with van der Waals surface area (Å²) in [4.78, 5) is 0. The molecule has 0 unspecified atom stereocenters. The van der Waals surface area contributed by atoms with Crippen LogP contribution in [0.25, 0.3) is 0 Å². The van der Waals surface area contributed by atoms with Crippen LogP contribution in [0.3, 0.4) is 0 Å². The van der Waals surface area contributed by atoms with E-state index in [-0.39, 0.29) is 11.1 Å². The van der Waals surface area contributed by atoms with Crippen molar-refractivity contribution in [2.45, 2.75) is 52.6 Å². The SMILES string of the molecule is CC(C)(C)[NH][Zn][NH]C(C)(C)C. The Morgan fingerprint density at radius 3 is 1.18 bits per heavy atom. The third kappa shape index (κ3) is 10.5. The van der Waals surface area contributed by atoms with Crippen molar-refractivity contribution in [3.8, 4) is 0 Å². The van der Waals surface area contributed by atoms with Crippen LogP contribution < -0.4 is 8.12 Å². The first kappa shape index (κ1) is 11.5. The Labute approximate surface area is 78.6 Å². The maximum atomic E-state index is 3.55. The zero-order valence-electron chi connectivity index (χ0n) is 8.71. The molecule has 11 heavy (non-hydrogen) atoms. The Morgan fingerprint density at radius 1 is 0.727 bits per heavy atom. The Kier molecular flexibility index (Phi) is 4.17. The molecule has 0 atom stereocenters. The van der Waals surface area contributed by atoms with E-state index in [1.54, 1.807) is 0 Å². The molecule has 0 bridgehead atoms. The molecule has 0 saturated carbocycles. The van der Waals surface area contributed by atoms with Crippen LogP contribution in [-0.2, 0) is 17.6 Å². The van der Waals surface area contributed by atoms with Crippen molar-refractivity contribution in [3.05, 3.63) is 0 Å². The number of nitrogens with one attached hydrogen (secondary N) is 2. The van der Waals surface area contributed by atoms with Crippen LogP contribution in [0.2, 0.25) is 0 Å². The fourth-order valence-corrected chi connectivity index (χ4v) is 2.99. The molecule has 0 saturated heterocycles. The molecule has 2 nitrogen and oxygen atoms in total. The normalized spacial score (nSPS) is 12.9. The van der Waals surface area contributed by atoms with Crippen molar-refractivity contribution in [1.82, 2.24) is 8.12 Å². The molecule has 0 aliphatic rings. The monoisotopic (exact) mass is 208 g/mol. The van der Waals surface area contributed by atoms with Crippen LogP contribution in [0.4, 0.5) is 0 Å². The second kappa shape index (κ2) is 3.97. The molecular weight excluding hydrogens is 189 g/mol. The van der Waals surface area contributed by atoms with Gasteiger partial charge < -0.3 is 0 Å². The van der Waals surface area contributed by atoms with Crippen LogP contribution in [0.1, 0.15) is 41.5 Å². The quantitative estimate of drug-likeness (QED) is 0.677. The van der Waals surface area contributed by atoms with Crippen molar-refractivity contribution < 1.29 is 17.6 Å². The van der Waals surface area contributed by atoms with E-state index >= 15 is 0 Å². The first-order valence-electron chi connectivity index (χ1n) is 4.21. The third-order valence-electron chi connectivity index (χ3n) is 1.24. The van der Waals surface area contributed by atoms with Gasteiger partial charge in [0.25, 0.3) is 0 Å². The van der Waals surface area contributed by atoms with Gasteiger partial charge in [0.05, 0.1) is 0 Å². The molecule has 0 aliphatic heterocycles. The zero-order chi connectivity index (χ0) is 9.12. The summed E-state index contributed by atoms with van der Waals surface area (Å²) in [5, 5.41) is 0. The Morgan fingerprint density at radius 2 is 1.00 bits per heavy atom. The van der Waals surface area contributed by atoms with E-state index in [0.29, 0.717) is 0 Å². The molecule has 3 heteroatoms. The minimum atomic E-state index is -0.705. The van der Waals surface area contributed by atoms with Crippen molar-refractivity contribution in [3.63, 3.8) is 0 Å². The van der Waals surface area contributed by atoms with E-state index in [1.165, 1.54) is 0 Å². The van der Waals surface area contributed by atoms with Gasteiger partial charge in [-0.15, -0.1) is 0 Å². The Balaban J connectivity index is 3.44. The first-order valence-corrected chi connectivity index (χ1v) is 7.17. The Hall–Kier alpha value is 0.543. The molecule has 0 heterocycles. The van der Waals surface area contributed by atoms with Crippen molar-refractivity contribution in [2.24, 2.45) is 0 Å². The van der Waals surface area contributed by atoms with Crippen LogP contribution in [-0.4, -0.2) is 11.1 Å². The van der Waals surface area contributed by atoms with Gasteiger partial charge in [0.1, 0.15) is 0 Å². The summed E-state index contributed by atoms with van der Waals surface area (Å²) in [7, 11) is 0. The predicted octanol–water partition coefficient (Wildman–Crippen LogP) is 1.68. The molecule has 2 N–H and O–H groups in total. The van der Waals surface area contributed by atoms with Crippen LogP contribution in [0.5, 0.6) is 0 Å². The summed E-state index contributed by atoms with van der Waals surface area (Å²) in [5.74, 6) is 0. The van der Waals surface area contributed by atoms with Gasteiger partial charge in [-0.05, 0) is 0 Å². The van der Waals surface area contributed by atoms with Gasteiger partial charge in [-0.1, -0.05) is 0 Å². The molecule has 0 aliphatic carbocycles. The van der Waals surface area contributed by atoms with Crippen molar-refractivity contribution >= 4 is 0 Å². The van der Waals surface area contributed by atoms with Gasteiger partial charge in [-0.3, -0.25) is 0 Å². The summed E-state index contributed by atoms with van der Waals surface area (Å²) in [6.07, 6.45) is 0. The third-order valence-corrected chi connectivity index (χ3v) is 6.43. The average Bonchev–Trinajstić information content (AvgIpc) is 1.55. The van der Waals surface area contributed by atoms with Crippen molar-refractivity contribution in [2.75, 3.05) is 0 Å². The molecule has 64 valence electrons. The fraction of sp³-hybridized carbons (Fsp3) is 1.00. The second-order valence-electron chi connectivity index (χ2n) is 5.03. The van der Waals surface area contributed by atoms with Gasteiger partial charge in [0, 0.05) is 0 Å². The number of hydrogen-bond donors (Lipinski definition) is 2. The van der Waals surface area contributed by atoms with E-state index in [9.17, 15) is 0 Å². The fourth-order valence-electron chi connectivity index (χ4n) is 0.575. The van der Waals surface area contributed by atoms with E-state index in [1.807, 2.05) is 0 Å². The van der Waals surface area contributed by atoms with E-state index in [4.69, 9.17) is 0 Å². The molecule has 0 rings (SSSR count). The summed E-state index contributed by atoms with van der Waals surface area (Å²) >= 11 is -0.705. The maximum absolute atomic E-state index is 3.55. The molecule has 0 aromatic heterocycles. The predicted molar refractivity (Wildman–Crippen MR) is 45.8 cm³/mol. The molecule has 0 aromatic rings. The van der Waals surface area contributed by atoms with E-state index < -0.39 is 17.6 Å². The second-order valence-corrected chi connectivity index (χ2v) is 7.26. The average molecular weight is 210 g/mol. The van der Waals surface area contributed by atoms with Gasteiger partial charge in [0.15, 0.2) is 0 Å². The topological polar surface area (TPSA) is 24.1 Å². The molecule has 0 radical (unpaired) electrons. The zero-order valence-corrected chi connectivity index (χ0v) is 11.7. The summed E-state index contributed by atoms with van der Waals surface area (Å²) in [6.45, 7) is 13.3. The van der Waals surface area contributed by atoms with Gasteiger partial charge >= 0.3 is 78.3 Å². The van der Waals surface area contributed by atoms with Crippen molar-refractivity contribution in [1.29, 1.82) is 0 Å². The first-order chi connectivity index (χ1) is 4.71. The molecule has 0 fully saturated rings. The molecule has 0 amide bonds. The number of hydrogen-bond acceptors (Lipinski definition) is 2. The van der Waals surface area contributed by atoms with Crippen LogP contribution in [0, 0.1) is 0 Å². The summed E-state index contributed by atoms with van der Waals surface area (Å²) < 4.78 is 7.11. The molecule has 0 spiro atoms. The molecular formula is C8H20N2Zn. The number of rotatable bonds is 2. The Bertz CT molecular complexity index is 96.2. The summed E-state index contributed by atoms with van der Waals surface area (Å²) in [6, 6.07) is 0. The van der Waals surface area contributed by atoms with E-state index in [2.05, 4.69) is 49.7 Å².